The molecule has 0 aromatic heterocycles. The fraction of sp³-hybridized carbons (Fsp3) is 0.167. The topological polar surface area (TPSA) is 66.8 Å². The molecule has 4 heteroatoms. The van der Waals surface area contributed by atoms with E-state index in [1.165, 1.54) is 13.2 Å². The van der Waals surface area contributed by atoms with Crippen molar-refractivity contribution in [3.05, 3.63) is 71.3 Å². The van der Waals surface area contributed by atoms with Crippen molar-refractivity contribution in [3.63, 3.8) is 0 Å². The summed E-state index contributed by atoms with van der Waals surface area (Å²) in [5.74, 6) is -0.224. The molecule has 2 aromatic rings. The molecule has 2 N–H and O–H groups in total. The number of ether oxygens (including phenoxy) is 1. The number of carbonyl (C=O) groups excluding carboxylic acids is 1. The van der Waals surface area contributed by atoms with Gasteiger partial charge in [-0.05, 0) is 17.7 Å². The third kappa shape index (κ3) is 1.77. The van der Waals surface area contributed by atoms with E-state index in [0.717, 1.165) is 0 Å². The first kappa shape index (κ1) is 14.4. The van der Waals surface area contributed by atoms with E-state index < -0.39 is 5.60 Å². The Morgan fingerprint density at radius 3 is 2.64 bits per heavy atom. The Labute approximate surface area is 128 Å². The third-order valence-electron chi connectivity index (χ3n) is 4.08. The van der Waals surface area contributed by atoms with Crippen LogP contribution in [-0.2, 0) is 5.60 Å². The van der Waals surface area contributed by atoms with Crippen molar-refractivity contribution in [1.29, 1.82) is 0 Å². The molecule has 1 aliphatic rings. The number of phenolic OH excluding ortho intramolecular Hbond substituents is 1. The Balaban J connectivity index is 2.40. The van der Waals surface area contributed by atoms with Gasteiger partial charge in [-0.15, -0.1) is 6.58 Å². The lowest BCUT2D eigenvalue weighted by Gasteiger charge is -2.35. The van der Waals surface area contributed by atoms with Gasteiger partial charge < -0.3 is 14.9 Å². The highest BCUT2D eigenvalue weighted by Crippen LogP contribution is 2.48. The van der Waals surface area contributed by atoms with Crippen LogP contribution >= 0.6 is 0 Å². The van der Waals surface area contributed by atoms with Crippen molar-refractivity contribution in [2.24, 2.45) is 0 Å². The van der Waals surface area contributed by atoms with E-state index in [1.54, 1.807) is 36.4 Å². The first-order valence-electron chi connectivity index (χ1n) is 6.92. The molecule has 2 aromatic carbocycles. The summed E-state index contributed by atoms with van der Waals surface area (Å²) in [6, 6.07) is 9.96. The molecule has 4 nitrogen and oxygen atoms in total. The minimum absolute atomic E-state index is 0.172. The smallest absolute Gasteiger partial charge is 0.193 e. The Morgan fingerprint density at radius 2 is 1.95 bits per heavy atom. The number of aromatic hydroxyl groups is 1. The molecule has 0 saturated carbocycles. The second kappa shape index (κ2) is 5.00. The Kier molecular flexibility index (Phi) is 3.26. The molecule has 0 radical (unpaired) electrons. The molecule has 0 saturated heterocycles. The van der Waals surface area contributed by atoms with Crippen molar-refractivity contribution in [1.82, 2.24) is 0 Å². The number of fused-ring (bicyclic) bond motifs is 2. The summed E-state index contributed by atoms with van der Waals surface area (Å²) in [7, 11) is 1.42. The summed E-state index contributed by atoms with van der Waals surface area (Å²) in [6.45, 7) is 3.68. The molecule has 0 aliphatic heterocycles. The monoisotopic (exact) mass is 296 g/mol. The highest BCUT2D eigenvalue weighted by molar-refractivity contribution is 6.13. The van der Waals surface area contributed by atoms with Gasteiger partial charge in [-0.25, -0.2) is 0 Å². The number of benzene rings is 2. The minimum atomic E-state index is -1.51. The number of carbonyl (C=O) groups is 1. The molecule has 3 rings (SSSR count). The van der Waals surface area contributed by atoms with E-state index in [0.29, 0.717) is 11.1 Å². The number of ketones is 1. The zero-order chi connectivity index (χ0) is 15.9. The Morgan fingerprint density at radius 1 is 1.23 bits per heavy atom. The Bertz CT molecular complexity index is 779. The van der Waals surface area contributed by atoms with Gasteiger partial charge in [0, 0.05) is 23.1 Å². The third-order valence-corrected chi connectivity index (χ3v) is 4.08. The van der Waals surface area contributed by atoms with Crippen molar-refractivity contribution in [2.45, 2.75) is 12.0 Å². The van der Waals surface area contributed by atoms with Crippen LogP contribution in [0.3, 0.4) is 0 Å². The summed E-state index contributed by atoms with van der Waals surface area (Å²) in [6.07, 6.45) is 1.74. The lowest BCUT2D eigenvalue weighted by atomic mass is 9.72. The van der Waals surface area contributed by atoms with Crippen molar-refractivity contribution < 1.29 is 19.7 Å². The van der Waals surface area contributed by atoms with Crippen LogP contribution in [0.5, 0.6) is 11.5 Å². The number of rotatable bonds is 3. The minimum Gasteiger partial charge on any atom is -0.504 e. The van der Waals surface area contributed by atoms with Crippen LogP contribution in [0.2, 0.25) is 0 Å². The van der Waals surface area contributed by atoms with E-state index in [2.05, 4.69) is 6.58 Å². The van der Waals surface area contributed by atoms with Crippen LogP contribution in [0.25, 0.3) is 0 Å². The molecule has 1 aliphatic carbocycles. The van der Waals surface area contributed by atoms with Gasteiger partial charge in [0.15, 0.2) is 17.3 Å². The predicted octanol–water partition coefficient (Wildman–Crippen LogP) is 2.76. The zero-order valence-corrected chi connectivity index (χ0v) is 12.2. The molecular weight excluding hydrogens is 280 g/mol. The van der Waals surface area contributed by atoms with E-state index >= 15 is 0 Å². The molecule has 1 atom stereocenters. The van der Waals surface area contributed by atoms with Crippen molar-refractivity contribution in [3.8, 4) is 11.5 Å². The largest absolute Gasteiger partial charge is 0.504 e. The second-order valence-corrected chi connectivity index (χ2v) is 5.27. The van der Waals surface area contributed by atoms with Crippen LogP contribution in [0.4, 0.5) is 0 Å². The van der Waals surface area contributed by atoms with Crippen molar-refractivity contribution in [2.75, 3.05) is 7.11 Å². The van der Waals surface area contributed by atoms with Gasteiger partial charge in [-0.3, -0.25) is 4.79 Å². The van der Waals surface area contributed by atoms with Crippen LogP contribution in [-0.4, -0.2) is 23.1 Å². The van der Waals surface area contributed by atoms with Crippen molar-refractivity contribution >= 4 is 5.78 Å². The maximum Gasteiger partial charge on any atom is 0.193 e. The average molecular weight is 296 g/mol. The summed E-state index contributed by atoms with van der Waals surface area (Å²) >= 11 is 0. The van der Waals surface area contributed by atoms with Gasteiger partial charge in [0.05, 0.1) is 7.11 Å². The first-order valence-corrected chi connectivity index (χ1v) is 6.92. The summed E-state index contributed by atoms with van der Waals surface area (Å²) in [5.41, 5.74) is -0.156. The molecule has 0 amide bonds. The fourth-order valence-electron chi connectivity index (χ4n) is 3.09. The lowest BCUT2D eigenvalue weighted by Crippen LogP contribution is -2.35. The van der Waals surface area contributed by atoms with E-state index in [1.807, 2.05) is 0 Å². The normalized spacial score (nSPS) is 19.3. The van der Waals surface area contributed by atoms with Crippen LogP contribution in [0, 0.1) is 0 Å². The molecule has 0 heterocycles. The van der Waals surface area contributed by atoms with E-state index in [9.17, 15) is 15.0 Å². The molecule has 112 valence electrons. The van der Waals surface area contributed by atoms with Gasteiger partial charge in [0.25, 0.3) is 0 Å². The van der Waals surface area contributed by atoms with Gasteiger partial charge in [-0.2, -0.15) is 0 Å². The lowest BCUT2D eigenvalue weighted by molar-refractivity contribution is 0.0717. The number of hydrogen-bond acceptors (Lipinski definition) is 4. The molecule has 0 spiro atoms. The number of aliphatic hydroxyl groups is 1. The van der Waals surface area contributed by atoms with Gasteiger partial charge in [0.1, 0.15) is 5.60 Å². The summed E-state index contributed by atoms with van der Waals surface area (Å²) < 4.78 is 5.11. The van der Waals surface area contributed by atoms with Crippen LogP contribution < -0.4 is 4.74 Å². The highest BCUT2D eigenvalue weighted by atomic mass is 16.5. The molecule has 0 fully saturated rings. The zero-order valence-electron chi connectivity index (χ0n) is 12.2. The van der Waals surface area contributed by atoms with Gasteiger partial charge >= 0.3 is 0 Å². The van der Waals surface area contributed by atoms with E-state index in [4.69, 9.17) is 4.74 Å². The number of hydrogen-bond donors (Lipinski definition) is 2. The quantitative estimate of drug-likeness (QED) is 0.855. The first-order chi connectivity index (χ1) is 10.5. The van der Waals surface area contributed by atoms with Gasteiger partial charge in [0.2, 0.25) is 0 Å². The number of phenols is 1. The van der Waals surface area contributed by atoms with Crippen LogP contribution in [0.1, 0.15) is 33.5 Å². The second-order valence-electron chi connectivity index (χ2n) is 5.27. The standard InChI is InChI=1S/C18H16O4/c1-3-10-18(21)13-7-5-4-6-11(13)16(19)12-8-9-14(22-2)17(20)15(12)18/h3-9,20-21H,1,10H2,2H3. The molecule has 0 bridgehead atoms. The summed E-state index contributed by atoms with van der Waals surface area (Å²) in [4.78, 5) is 12.7. The Hall–Kier alpha value is -2.59. The molecule has 22 heavy (non-hydrogen) atoms. The molecular formula is C18H16O4. The van der Waals surface area contributed by atoms with Crippen LogP contribution in [0.15, 0.2) is 49.1 Å². The molecule has 1 unspecified atom stereocenters. The SMILES string of the molecule is C=CCC1(O)c2ccccc2C(=O)c2ccc(OC)c(O)c21. The number of methoxy groups -OCH3 is 1. The highest BCUT2D eigenvalue weighted by Gasteiger charge is 2.44. The summed E-state index contributed by atoms with van der Waals surface area (Å²) in [5, 5.41) is 21.7. The predicted molar refractivity (Wildman–Crippen MR) is 82.3 cm³/mol. The fourth-order valence-corrected chi connectivity index (χ4v) is 3.09. The maximum absolute atomic E-state index is 12.7. The van der Waals surface area contributed by atoms with E-state index in [-0.39, 0.29) is 34.8 Å². The van der Waals surface area contributed by atoms with Gasteiger partial charge in [-0.1, -0.05) is 30.3 Å². The average Bonchev–Trinajstić information content (AvgIpc) is 2.53. The maximum atomic E-state index is 12.7.